The van der Waals surface area contributed by atoms with Gasteiger partial charge in [0.15, 0.2) is 0 Å². The van der Waals surface area contributed by atoms with E-state index in [1.54, 1.807) is 36.5 Å². The third kappa shape index (κ3) is 2.98. The van der Waals surface area contributed by atoms with E-state index in [0.717, 1.165) is 5.69 Å². The van der Waals surface area contributed by atoms with Gasteiger partial charge in [-0.05, 0) is 18.2 Å². The SMILES string of the molecule is Nc1ccnc(CSc2ccccc2[N+](=O)[O-])c1. The number of para-hydroxylation sites is 1. The quantitative estimate of drug-likeness (QED) is 0.520. The number of aromatic nitrogens is 1. The number of nitrogens with two attached hydrogens (primary N) is 1. The Kier molecular flexibility index (Phi) is 3.78. The molecule has 6 heteroatoms. The van der Waals surface area contributed by atoms with Gasteiger partial charge >= 0.3 is 0 Å². The maximum atomic E-state index is 10.8. The maximum absolute atomic E-state index is 10.8. The summed E-state index contributed by atoms with van der Waals surface area (Å²) in [5.74, 6) is 0.551. The average Bonchev–Trinajstić information content (AvgIpc) is 2.37. The van der Waals surface area contributed by atoms with Gasteiger partial charge in [0, 0.05) is 23.7 Å². The lowest BCUT2D eigenvalue weighted by Crippen LogP contribution is -1.93. The molecular weight excluding hydrogens is 250 g/mol. The zero-order valence-electron chi connectivity index (χ0n) is 9.45. The third-order valence-corrected chi connectivity index (χ3v) is 3.37. The molecule has 0 radical (unpaired) electrons. The van der Waals surface area contributed by atoms with Crippen LogP contribution in [0.3, 0.4) is 0 Å². The van der Waals surface area contributed by atoms with Gasteiger partial charge in [0.1, 0.15) is 0 Å². The molecule has 0 amide bonds. The second kappa shape index (κ2) is 5.50. The van der Waals surface area contributed by atoms with Gasteiger partial charge in [0.25, 0.3) is 5.69 Å². The molecule has 92 valence electrons. The molecule has 0 bridgehead atoms. The number of hydrogen-bond acceptors (Lipinski definition) is 5. The number of anilines is 1. The standard InChI is InChI=1S/C12H11N3O2S/c13-9-5-6-14-10(7-9)8-18-12-4-2-1-3-11(12)15(16)17/h1-7H,8H2,(H2,13,14). The van der Waals surface area contributed by atoms with Crippen molar-refractivity contribution in [1.82, 2.24) is 4.98 Å². The first-order valence-electron chi connectivity index (χ1n) is 5.23. The maximum Gasteiger partial charge on any atom is 0.282 e. The molecule has 0 spiro atoms. The van der Waals surface area contributed by atoms with Crippen molar-refractivity contribution >= 4 is 23.1 Å². The summed E-state index contributed by atoms with van der Waals surface area (Å²) in [6.45, 7) is 0. The second-order valence-corrected chi connectivity index (χ2v) is 4.61. The molecule has 0 atom stereocenters. The Hall–Kier alpha value is -2.08. The third-order valence-electron chi connectivity index (χ3n) is 2.28. The molecule has 0 aliphatic heterocycles. The number of benzene rings is 1. The minimum absolute atomic E-state index is 0.117. The van der Waals surface area contributed by atoms with Crippen molar-refractivity contribution in [2.75, 3.05) is 5.73 Å². The van der Waals surface area contributed by atoms with E-state index < -0.39 is 0 Å². The van der Waals surface area contributed by atoms with Crippen LogP contribution in [0.1, 0.15) is 5.69 Å². The molecule has 0 unspecified atom stereocenters. The Labute approximate surface area is 108 Å². The number of hydrogen-bond donors (Lipinski definition) is 1. The summed E-state index contributed by atoms with van der Waals surface area (Å²) >= 11 is 1.38. The summed E-state index contributed by atoms with van der Waals surface area (Å²) < 4.78 is 0. The summed E-state index contributed by atoms with van der Waals surface area (Å²) in [6, 6.07) is 10.1. The van der Waals surface area contributed by atoms with Crippen LogP contribution in [0.4, 0.5) is 11.4 Å². The molecule has 1 heterocycles. The van der Waals surface area contributed by atoms with Gasteiger partial charge in [0.05, 0.1) is 15.5 Å². The lowest BCUT2D eigenvalue weighted by molar-refractivity contribution is -0.387. The Morgan fingerprint density at radius 2 is 2.11 bits per heavy atom. The zero-order valence-corrected chi connectivity index (χ0v) is 10.3. The van der Waals surface area contributed by atoms with Crippen LogP contribution in [-0.2, 0) is 5.75 Å². The highest BCUT2D eigenvalue weighted by atomic mass is 32.2. The van der Waals surface area contributed by atoms with Crippen LogP contribution in [0, 0.1) is 10.1 Å². The summed E-state index contributed by atoms with van der Waals surface area (Å²) in [6.07, 6.45) is 1.63. The molecule has 2 N–H and O–H groups in total. The Bertz CT molecular complexity index is 575. The Morgan fingerprint density at radius 3 is 2.83 bits per heavy atom. The Morgan fingerprint density at radius 1 is 1.33 bits per heavy atom. The van der Waals surface area contributed by atoms with Crippen LogP contribution in [0.2, 0.25) is 0 Å². The highest BCUT2D eigenvalue weighted by Gasteiger charge is 2.12. The van der Waals surface area contributed by atoms with Crippen LogP contribution in [-0.4, -0.2) is 9.91 Å². The van der Waals surface area contributed by atoms with E-state index in [9.17, 15) is 10.1 Å². The Balaban J connectivity index is 2.13. The van der Waals surface area contributed by atoms with Gasteiger partial charge in [-0.15, -0.1) is 11.8 Å². The molecule has 0 saturated carbocycles. The lowest BCUT2D eigenvalue weighted by atomic mass is 10.3. The fraction of sp³-hybridized carbons (Fsp3) is 0.0833. The number of thioether (sulfide) groups is 1. The highest BCUT2D eigenvalue weighted by molar-refractivity contribution is 7.98. The van der Waals surface area contributed by atoms with Crippen LogP contribution >= 0.6 is 11.8 Å². The van der Waals surface area contributed by atoms with E-state index in [0.29, 0.717) is 16.3 Å². The molecule has 0 aliphatic carbocycles. The van der Waals surface area contributed by atoms with Crippen molar-refractivity contribution in [2.24, 2.45) is 0 Å². The van der Waals surface area contributed by atoms with E-state index in [2.05, 4.69) is 4.98 Å². The summed E-state index contributed by atoms with van der Waals surface area (Å²) in [5, 5.41) is 10.8. The van der Waals surface area contributed by atoms with Crippen LogP contribution in [0.15, 0.2) is 47.5 Å². The average molecular weight is 261 g/mol. The number of pyridine rings is 1. The topological polar surface area (TPSA) is 82.0 Å². The van der Waals surface area contributed by atoms with Gasteiger partial charge in [0.2, 0.25) is 0 Å². The predicted octanol–water partition coefficient (Wildman–Crippen LogP) is 2.86. The molecule has 18 heavy (non-hydrogen) atoms. The molecule has 5 nitrogen and oxygen atoms in total. The van der Waals surface area contributed by atoms with Crippen molar-refractivity contribution in [1.29, 1.82) is 0 Å². The molecule has 0 aliphatic rings. The van der Waals surface area contributed by atoms with E-state index in [4.69, 9.17) is 5.73 Å². The number of nitrogens with zero attached hydrogens (tertiary/aromatic N) is 2. The van der Waals surface area contributed by atoms with Gasteiger partial charge in [-0.3, -0.25) is 15.1 Å². The van der Waals surface area contributed by atoms with Crippen molar-refractivity contribution in [3.63, 3.8) is 0 Å². The summed E-state index contributed by atoms with van der Waals surface area (Å²) in [7, 11) is 0. The molecule has 1 aromatic carbocycles. The fourth-order valence-electron chi connectivity index (χ4n) is 1.46. The normalized spacial score (nSPS) is 10.2. The van der Waals surface area contributed by atoms with Crippen molar-refractivity contribution < 1.29 is 4.92 Å². The first-order chi connectivity index (χ1) is 8.66. The lowest BCUT2D eigenvalue weighted by Gasteiger charge is -2.03. The van der Waals surface area contributed by atoms with Crippen LogP contribution < -0.4 is 5.73 Å². The van der Waals surface area contributed by atoms with Gasteiger partial charge in [-0.2, -0.15) is 0 Å². The molecule has 1 aromatic heterocycles. The molecule has 2 rings (SSSR count). The van der Waals surface area contributed by atoms with Crippen LogP contribution in [0.5, 0.6) is 0 Å². The van der Waals surface area contributed by atoms with E-state index in [-0.39, 0.29) is 10.6 Å². The van der Waals surface area contributed by atoms with Crippen LogP contribution in [0.25, 0.3) is 0 Å². The van der Waals surface area contributed by atoms with Crippen molar-refractivity contribution in [3.05, 3.63) is 58.4 Å². The van der Waals surface area contributed by atoms with Gasteiger partial charge in [-0.25, -0.2) is 0 Å². The molecule has 0 saturated heterocycles. The highest BCUT2D eigenvalue weighted by Crippen LogP contribution is 2.30. The second-order valence-electron chi connectivity index (χ2n) is 3.59. The summed E-state index contributed by atoms with van der Waals surface area (Å²) in [5.41, 5.74) is 7.21. The van der Waals surface area contributed by atoms with Gasteiger partial charge < -0.3 is 5.73 Å². The molecule has 0 fully saturated rings. The molecule has 2 aromatic rings. The first kappa shape index (κ1) is 12.4. The van der Waals surface area contributed by atoms with Crippen molar-refractivity contribution in [2.45, 2.75) is 10.6 Å². The minimum Gasteiger partial charge on any atom is -0.399 e. The number of nitrogen functional groups attached to an aromatic ring is 1. The van der Waals surface area contributed by atoms with E-state index in [1.807, 2.05) is 0 Å². The molecular formula is C12H11N3O2S. The minimum atomic E-state index is -0.380. The van der Waals surface area contributed by atoms with Gasteiger partial charge in [-0.1, -0.05) is 12.1 Å². The fourth-order valence-corrected chi connectivity index (χ4v) is 2.38. The number of nitro benzene ring substituents is 1. The number of rotatable bonds is 4. The first-order valence-corrected chi connectivity index (χ1v) is 6.22. The monoisotopic (exact) mass is 261 g/mol. The zero-order chi connectivity index (χ0) is 13.0. The smallest absolute Gasteiger partial charge is 0.282 e. The van der Waals surface area contributed by atoms with Crippen molar-refractivity contribution in [3.8, 4) is 0 Å². The summed E-state index contributed by atoms with van der Waals surface area (Å²) in [4.78, 5) is 15.3. The number of nitro groups is 1. The predicted molar refractivity (Wildman–Crippen MR) is 71.3 cm³/mol. The van der Waals surface area contributed by atoms with E-state index >= 15 is 0 Å². The largest absolute Gasteiger partial charge is 0.399 e. The van der Waals surface area contributed by atoms with E-state index in [1.165, 1.54) is 17.8 Å².